The lowest BCUT2D eigenvalue weighted by atomic mass is 10.2. The quantitative estimate of drug-likeness (QED) is 0.743. The van der Waals surface area contributed by atoms with Gasteiger partial charge in [0.05, 0.1) is 17.5 Å². The number of amidine groups is 1. The Labute approximate surface area is 158 Å². The van der Waals surface area contributed by atoms with Crippen LogP contribution >= 0.6 is 11.8 Å². The van der Waals surface area contributed by atoms with Gasteiger partial charge < -0.3 is 9.64 Å². The Kier molecular flexibility index (Phi) is 5.44. The molecular formula is C16H17F3N2O4S2. The Bertz CT molecular complexity index is 853. The molecule has 2 atom stereocenters. The van der Waals surface area contributed by atoms with Crippen LogP contribution in [0.15, 0.2) is 29.3 Å². The van der Waals surface area contributed by atoms with Gasteiger partial charge in [0, 0.05) is 17.4 Å². The third-order valence-corrected chi connectivity index (χ3v) is 7.31. The van der Waals surface area contributed by atoms with Crippen LogP contribution in [-0.2, 0) is 14.6 Å². The second-order valence-electron chi connectivity index (χ2n) is 6.25. The Hall–Kier alpha value is -1.75. The normalized spacial score (nSPS) is 25.6. The predicted molar refractivity (Wildman–Crippen MR) is 96.8 cm³/mol. The van der Waals surface area contributed by atoms with Crippen LogP contribution in [0.3, 0.4) is 0 Å². The number of fused-ring (bicyclic) bond motifs is 1. The number of thioether (sulfide) groups is 1. The van der Waals surface area contributed by atoms with Crippen molar-refractivity contribution in [3.05, 3.63) is 24.3 Å². The van der Waals surface area contributed by atoms with E-state index in [2.05, 4.69) is 9.73 Å². The number of nitrogens with zero attached hydrogens (tertiary/aromatic N) is 2. The molecule has 0 bridgehead atoms. The third kappa shape index (κ3) is 4.75. The smallest absolute Gasteiger partial charge is 0.406 e. The van der Waals surface area contributed by atoms with Gasteiger partial charge in [-0.3, -0.25) is 4.79 Å². The molecule has 2 unspecified atom stereocenters. The van der Waals surface area contributed by atoms with Gasteiger partial charge in [-0.2, -0.15) is 4.99 Å². The third-order valence-electron chi connectivity index (χ3n) is 4.10. The van der Waals surface area contributed by atoms with Gasteiger partial charge in [-0.1, -0.05) is 18.7 Å². The highest BCUT2D eigenvalue weighted by Crippen LogP contribution is 2.41. The van der Waals surface area contributed by atoms with Gasteiger partial charge in [-0.15, -0.1) is 13.2 Å². The highest BCUT2D eigenvalue weighted by Gasteiger charge is 2.49. The molecule has 2 aliphatic rings. The molecule has 0 radical (unpaired) electrons. The number of carbonyl (C=O) groups is 1. The van der Waals surface area contributed by atoms with E-state index in [1.807, 2.05) is 6.92 Å². The fourth-order valence-electron chi connectivity index (χ4n) is 3.05. The molecule has 3 rings (SSSR count). The second-order valence-corrected chi connectivity index (χ2v) is 9.61. The van der Waals surface area contributed by atoms with Crippen LogP contribution in [0, 0.1) is 0 Å². The van der Waals surface area contributed by atoms with E-state index in [1.165, 1.54) is 23.9 Å². The van der Waals surface area contributed by atoms with Gasteiger partial charge in [-0.05, 0) is 30.7 Å². The van der Waals surface area contributed by atoms with E-state index in [0.717, 1.165) is 12.1 Å². The first kappa shape index (κ1) is 20.0. The molecule has 2 fully saturated rings. The molecule has 27 heavy (non-hydrogen) atoms. The van der Waals surface area contributed by atoms with Crippen LogP contribution in [0.5, 0.6) is 5.75 Å². The zero-order chi connectivity index (χ0) is 19.8. The average molecular weight is 422 g/mol. The number of sulfone groups is 1. The maximum atomic E-state index is 12.3. The molecule has 0 N–H and O–H groups in total. The summed E-state index contributed by atoms with van der Waals surface area (Å²) in [6.07, 6.45) is -3.90. The number of aliphatic imine (C=N–C) groups is 1. The molecule has 1 aromatic rings. The van der Waals surface area contributed by atoms with Crippen LogP contribution in [0.1, 0.15) is 19.8 Å². The molecule has 2 aliphatic heterocycles. The van der Waals surface area contributed by atoms with Gasteiger partial charge in [0.15, 0.2) is 15.0 Å². The molecule has 0 spiro atoms. The molecule has 1 aromatic carbocycles. The lowest BCUT2D eigenvalue weighted by Crippen LogP contribution is -2.37. The Morgan fingerprint density at radius 1 is 1.30 bits per heavy atom. The van der Waals surface area contributed by atoms with Gasteiger partial charge in [0.25, 0.3) is 0 Å². The monoisotopic (exact) mass is 422 g/mol. The van der Waals surface area contributed by atoms with Crippen LogP contribution in [0.4, 0.5) is 18.9 Å². The number of benzene rings is 1. The molecule has 0 aromatic heterocycles. The van der Waals surface area contributed by atoms with E-state index in [0.29, 0.717) is 17.3 Å². The second kappa shape index (κ2) is 7.34. The van der Waals surface area contributed by atoms with Crippen molar-refractivity contribution in [3.63, 3.8) is 0 Å². The zero-order valence-electron chi connectivity index (χ0n) is 14.3. The molecule has 0 aliphatic carbocycles. The van der Waals surface area contributed by atoms with Crippen molar-refractivity contribution in [1.29, 1.82) is 0 Å². The number of halogens is 3. The SMILES string of the molecule is CCCC(=O)N=C1SC2CS(=O)(=O)CC2N1c1ccc(OC(F)(F)F)cc1. The number of hydrogen-bond donors (Lipinski definition) is 0. The van der Waals surface area contributed by atoms with Crippen LogP contribution in [0.25, 0.3) is 0 Å². The van der Waals surface area contributed by atoms with E-state index >= 15 is 0 Å². The van der Waals surface area contributed by atoms with Crippen molar-refractivity contribution in [2.75, 3.05) is 16.4 Å². The standard InChI is InChI=1S/C16H17F3N2O4S2/c1-2-3-14(22)20-15-21(12-8-27(23,24)9-13(12)26-15)10-4-6-11(7-5-10)25-16(17,18)19/h4-7,12-13H,2-3,8-9H2,1H3. The molecule has 6 nitrogen and oxygen atoms in total. The molecule has 0 saturated carbocycles. The summed E-state index contributed by atoms with van der Waals surface area (Å²) in [6, 6.07) is 4.68. The molecule has 2 saturated heterocycles. The summed E-state index contributed by atoms with van der Waals surface area (Å²) < 4.78 is 64.8. The number of alkyl halides is 3. The van der Waals surface area contributed by atoms with Crippen LogP contribution in [0.2, 0.25) is 0 Å². The lowest BCUT2D eigenvalue weighted by Gasteiger charge is -2.24. The van der Waals surface area contributed by atoms with E-state index in [-0.39, 0.29) is 34.8 Å². The maximum absolute atomic E-state index is 12.3. The maximum Gasteiger partial charge on any atom is 0.573 e. The molecule has 2 heterocycles. The van der Waals surface area contributed by atoms with Crippen molar-refractivity contribution in [2.24, 2.45) is 4.99 Å². The van der Waals surface area contributed by atoms with Crippen molar-refractivity contribution in [2.45, 2.75) is 37.4 Å². The Morgan fingerprint density at radius 3 is 2.56 bits per heavy atom. The minimum absolute atomic E-state index is 0.0188. The summed E-state index contributed by atoms with van der Waals surface area (Å²) in [7, 11) is -3.22. The van der Waals surface area contributed by atoms with Crippen LogP contribution in [-0.4, -0.2) is 48.7 Å². The van der Waals surface area contributed by atoms with E-state index in [9.17, 15) is 26.4 Å². The molecule has 148 valence electrons. The summed E-state index contributed by atoms with van der Waals surface area (Å²) in [6.45, 7) is 1.85. The number of hydrogen-bond acceptors (Lipinski definition) is 5. The number of amides is 1. The zero-order valence-corrected chi connectivity index (χ0v) is 15.9. The predicted octanol–water partition coefficient (Wildman–Crippen LogP) is 2.99. The van der Waals surface area contributed by atoms with E-state index in [4.69, 9.17) is 0 Å². The first-order valence-corrected chi connectivity index (χ1v) is 10.9. The van der Waals surface area contributed by atoms with Crippen molar-refractivity contribution in [1.82, 2.24) is 0 Å². The number of ether oxygens (including phenoxy) is 1. The first-order chi connectivity index (χ1) is 12.6. The fraction of sp³-hybridized carbons (Fsp3) is 0.500. The van der Waals surface area contributed by atoms with Gasteiger partial charge in [0.1, 0.15) is 5.75 Å². The largest absolute Gasteiger partial charge is 0.573 e. The van der Waals surface area contributed by atoms with Crippen molar-refractivity contribution >= 4 is 38.4 Å². The topological polar surface area (TPSA) is 76.0 Å². The van der Waals surface area contributed by atoms with Gasteiger partial charge >= 0.3 is 6.36 Å². The number of carbonyl (C=O) groups excluding carboxylic acids is 1. The lowest BCUT2D eigenvalue weighted by molar-refractivity contribution is -0.274. The summed E-state index contributed by atoms with van der Waals surface area (Å²) in [5, 5.41) is 0.108. The first-order valence-electron chi connectivity index (χ1n) is 8.21. The highest BCUT2D eigenvalue weighted by atomic mass is 32.2. The van der Waals surface area contributed by atoms with Gasteiger partial charge in [-0.25, -0.2) is 8.42 Å². The van der Waals surface area contributed by atoms with E-state index in [1.54, 1.807) is 4.90 Å². The summed E-state index contributed by atoms with van der Waals surface area (Å²) in [5.74, 6) is -0.805. The minimum atomic E-state index is -4.80. The van der Waals surface area contributed by atoms with Crippen LogP contribution < -0.4 is 9.64 Å². The van der Waals surface area contributed by atoms with Crippen molar-refractivity contribution in [3.8, 4) is 5.75 Å². The molecule has 11 heteroatoms. The summed E-state index contributed by atoms with van der Waals surface area (Å²) in [4.78, 5) is 17.7. The fourth-order valence-corrected chi connectivity index (χ4v) is 6.98. The summed E-state index contributed by atoms with van der Waals surface area (Å²) in [5.41, 5.74) is 0.463. The molecule has 1 amide bonds. The van der Waals surface area contributed by atoms with Crippen molar-refractivity contribution < 1.29 is 31.1 Å². The highest BCUT2D eigenvalue weighted by molar-refractivity contribution is 8.16. The summed E-state index contributed by atoms with van der Waals surface area (Å²) >= 11 is 1.22. The average Bonchev–Trinajstić information content (AvgIpc) is 2.98. The molecular weight excluding hydrogens is 405 g/mol. The number of rotatable bonds is 4. The minimum Gasteiger partial charge on any atom is -0.406 e. The number of anilines is 1. The van der Waals surface area contributed by atoms with Gasteiger partial charge in [0.2, 0.25) is 5.91 Å². The van der Waals surface area contributed by atoms with E-state index < -0.39 is 22.2 Å². The Morgan fingerprint density at radius 2 is 1.96 bits per heavy atom. The Balaban J connectivity index is 1.91.